The molecule has 1 N–H and O–H groups in total. The van der Waals surface area contributed by atoms with E-state index in [-0.39, 0.29) is 11.7 Å². The first kappa shape index (κ1) is 15.0. The van der Waals surface area contributed by atoms with Crippen molar-refractivity contribution in [3.05, 3.63) is 29.3 Å². The van der Waals surface area contributed by atoms with Gasteiger partial charge in [0.05, 0.1) is 6.04 Å². The summed E-state index contributed by atoms with van der Waals surface area (Å²) >= 11 is 0. The molecule has 1 amide bonds. The lowest BCUT2D eigenvalue weighted by Gasteiger charge is -2.45. The SMILES string of the molecule is CC(=O)c1ccc2c(c1)C(N1CCCC1=O)[C@H](O)C(C)(C)O2. The largest absolute Gasteiger partial charge is 0.485 e. The molecule has 22 heavy (non-hydrogen) atoms. The third-order valence-electron chi connectivity index (χ3n) is 4.57. The van der Waals surface area contributed by atoms with E-state index in [1.807, 2.05) is 13.8 Å². The van der Waals surface area contributed by atoms with Crippen LogP contribution in [0, 0.1) is 0 Å². The van der Waals surface area contributed by atoms with E-state index in [2.05, 4.69) is 0 Å². The van der Waals surface area contributed by atoms with Crippen LogP contribution in [0.15, 0.2) is 18.2 Å². The molecule has 1 unspecified atom stereocenters. The van der Waals surface area contributed by atoms with Gasteiger partial charge in [0.25, 0.3) is 0 Å². The van der Waals surface area contributed by atoms with Crippen LogP contribution in [0.5, 0.6) is 5.75 Å². The Hall–Kier alpha value is -1.88. The Balaban J connectivity index is 2.12. The predicted molar refractivity (Wildman–Crippen MR) is 80.8 cm³/mol. The van der Waals surface area contributed by atoms with Crippen molar-refractivity contribution in [3.8, 4) is 5.75 Å². The molecule has 0 aliphatic carbocycles. The van der Waals surface area contributed by atoms with Gasteiger partial charge in [-0.15, -0.1) is 0 Å². The molecule has 5 nitrogen and oxygen atoms in total. The second kappa shape index (κ2) is 5.09. The van der Waals surface area contributed by atoms with Crippen LogP contribution in [0.2, 0.25) is 0 Å². The van der Waals surface area contributed by atoms with E-state index in [1.54, 1.807) is 23.1 Å². The summed E-state index contributed by atoms with van der Waals surface area (Å²) in [6.07, 6.45) is 0.460. The molecule has 1 saturated heterocycles. The molecule has 2 heterocycles. The molecule has 3 rings (SSSR count). The summed E-state index contributed by atoms with van der Waals surface area (Å²) in [5.74, 6) is 0.625. The van der Waals surface area contributed by atoms with Gasteiger partial charge >= 0.3 is 0 Å². The van der Waals surface area contributed by atoms with Crippen LogP contribution in [-0.2, 0) is 4.79 Å². The van der Waals surface area contributed by atoms with Crippen LogP contribution < -0.4 is 4.74 Å². The number of nitrogens with zero attached hydrogens (tertiary/aromatic N) is 1. The van der Waals surface area contributed by atoms with Gasteiger partial charge in [0.1, 0.15) is 17.5 Å². The van der Waals surface area contributed by atoms with E-state index in [1.165, 1.54) is 6.92 Å². The fraction of sp³-hybridized carbons (Fsp3) is 0.529. The summed E-state index contributed by atoms with van der Waals surface area (Å²) in [6.45, 7) is 5.75. The van der Waals surface area contributed by atoms with E-state index in [9.17, 15) is 14.7 Å². The lowest BCUT2D eigenvalue weighted by atomic mass is 9.84. The van der Waals surface area contributed by atoms with Crippen molar-refractivity contribution < 1.29 is 19.4 Å². The van der Waals surface area contributed by atoms with Crippen molar-refractivity contribution in [3.63, 3.8) is 0 Å². The molecule has 0 radical (unpaired) electrons. The monoisotopic (exact) mass is 303 g/mol. The topological polar surface area (TPSA) is 66.8 Å². The highest BCUT2D eigenvalue weighted by Crippen LogP contribution is 2.44. The zero-order valence-electron chi connectivity index (χ0n) is 13.1. The molecule has 0 saturated carbocycles. The fourth-order valence-electron chi connectivity index (χ4n) is 3.29. The number of amides is 1. The fourth-order valence-corrected chi connectivity index (χ4v) is 3.29. The minimum atomic E-state index is -0.843. The molecular formula is C17H21NO4. The smallest absolute Gasteiger partial charge is 0.223 e. The van der Waals surface area contributed by atoms with Gasteiger partial charge in [-0.1, -0.05) is 0 Å². The van der Waals surface area contributed by atoms with Crippen molar-refractivity contribution >= 4 is 11.7 Å². The molecule has 2 aliphatic rings. The Morgan fingerprint density at radius 1 is 1.41 bits per heavy atom. The van der Waals surface area contributed by atoms with Crippen molar-refractivity contribution in [1.29, 1.82) is 0 Å². The normalized spacial score (nSPS) is 26.5. The molecular weight excluding hydrogens is 282 g/mol. The number of rotatable bonds is 2. The van der Waals surface area contributed by atoms with E-state index >= 15 is 0 Å². The molecule has 0 bridgehead atoms. The summed E-state index contributed by atoms with van der Waals surface area (Å²) in [7, 11) is 0. The highest BCUT2D eigenvalue weighted by atomic mass is 16.5. The van der Waals surface area contributed by atoms with Gasteiger partial charge in [0.15, 0.2) is 5.78 Å². The van der Waals surface area contributed by atoms with Crippen LogP contribution in [0.25, 0.3) is 0 Å². The average molecular weight is 303 g/mol. The number of hydrogen-bond donors (Lipinski definition) is 1. The Labute approximate surface area is 129 Å². The maximum absolute atomic E-state index is 12.2. The maximum atomic E-state index is 12.2. The molecule has 118 valence electrons. The minimum Gasteiger partial charge on any atom is -0.485 e. The number of carbonyl (C=O) groups is 2. The zero-order chi connectivity index (χ0) is 16.1. The van der Waals surface area contributed by atoms with Gasteiger partial charge in [-0.2, -0.15) is 0 Å². The molecule has 2 atom stereocenters. The number of hydrogen-bond acceptors (Lipinski definition) is 4. The van der Waals surface area contributed by atoms with Crippen molar-refractivity contribution in [1.82, 2.24) is 4.90 Å². The number of aliphatic hydroxyl groups excluding tert-OH is 1. The maximum Gasteiger partial charge on any atom is 0.223 e. The van der Waals surface area contributed by atoms with Crippen molar-refractivity contribution in [2.24, 2.45) is 0 Å². The minimum absolute atomic E-state index is 0.0425. The van der Waals surface area contributed by atoms with Gasteiger partial charge in [0, 0.05) is 24.1 Å². The Kier molecular flexibility index (Phi) is 3.48. The molecule has 2 aliphatic heterocycles. The number of Topliss-reactive ketones (excluding diaryl/α,β-unsaturated/α-hetero) is 1. The van der Waals surface area contributed by atoms with E-state index < -0.39 is 17.7 Å². The number of ketones is 1. The molecule has 1 aromatic rings. The van der Waals surface area contributed by atoms with E-state index in [0.29, 0.717) is 24.3 Å². The summed E-state index contributed by atoms with van der Waals surface area (Å²) in [6, 6.07) is 4.75. The van der Waals surface area contributed by atoms with Crippen LogP contribution in [0.4, 0.5) is 0 Å². The number of likely N-dealkylation sites (tertiary alicyclic amines) is 1. The standard InChI is InChI=1S/C17H21NO4/c1-10(19)11-6-7-13-12(9-11)15(16(21)17(2,3)22-13)18-8-4-5-14(18)20/h6-7,9,15-16,21H,4-5,8H2,1-3H3/t15?,16-/m0/s1. The lowest BCUT2D eigenvalue weighted by molar-refractivity contribution is -0.139. The number of aliphatic hydroxyl groups is 1. The highest BCUT2D eigenvalue weighted by Gasteiger charge is 2.47. The van der Waals surface area contributed by atoms with Gasteiger partial charge < -0.3 is 14.7 Å². The first-order chi connectivity index (χ1) is 10.3. The van der Waals surface area contributed by atoms with Gasteiger partial charge in [-0.25, -0.2) is 0 Å². The average Bonchev–Trinajstić information content (AvgIpc) is 2.85. The van der Waals surface area contributed by atoms with Crippen LogP contribution in [0.1, 0.15) is 55.6 Å². The number of carbonyl (C=O) groups excluding carboxylic acids is 2. The van der Waals surface area contributed by atoms with Gasteiger partial charge in [0.2, 0.25) is 5.91 Å². The quantitative estimate of drug-likeness (QED) is 0.850. The highest BCUT2D eigenvalue weighted by molar-refractivity contribution is 5.94. The second-order valence-corrected chi connectivity index (χ2v) is 6.59. The molecule has 1 fully saturated rings. The lowest BCUT2D eigenvalue weighted by Crippen LogP contribution is -2.53. The van der Waals surface area contributed by atoms with Crippen molar-refractivity contribution in [2.45, 2.75) is 51.4 Å². The van der Waals surface area contributed by atoms with E-state index in [4.69, 9.17) is 4.74 Å². The summed E-state index contributed by atoms with van der Waals surface area (Å²) in [4.78, 5) is 25.5. The Bertz CT molecular complexity index is 638. The molecule has 0 aromatic heterocycles. The second-order valence-electron chi connectivity index (χ2n) is 6.59. The number of ether oxygens (including phenoxy) is 1. The third-order valence-corrected chi connectivity index (χ3v) is 4.57. The predicted octanol–water partition coefficient (Wildman–Crippen LogP) is 2.08. The van der Waals surface area contributed by atoms with Crippen LogP contribution in [0.3, 0.4) is 0 Å². The van der Waals surface area contributed by atoms with Crippen LogP contribution >= 0.6 is 0 Å². The molecule has 5 heteroatoms. The summed E-state index contributed by atoms with van der Waals surface area (Å²) in [5, 5.41) is 10.7. The van der Waals surface area contributed by atoms with Crippen molar-refractivity contribution in [2.75, 3.05) is 6.54 Å². The van der Waals surface area contributed by atoms with Gasteiger partial charge in [-0.05, 0) is 45.4 Å². The van der Waals surface area contributed by atoms with Gasteiger partial charge in [-0.3, -0.25) is 9.59 Å². The summed E-state index contributed by atoms with van der Waals surface area (Å²) in [5.41, 5.74) is 0.485. The third kappa shape index (κ3) is 2.29. The first-order valence-electron chi connectivity index (χ1n) is 7.62. The zero-order valence-corrected chi connectivity index (χ0v) is 13.1. The molecule has 0 spiro atoms. The number of benzene rings is 1. The number of fused-ring (bicyclic) bond motifs is 1. The first-order valence-corrected chi connectivity index (χ1v) is 7.62. The Morgan fingerprint density at radius 3 is 2.73 bits per heavy atom. The van der Waals surface area contributed by atoms with Crippen LogP contribution in [-0.4, -0.2) is 39.9 Å². The Morgan fingerprint density at radius 2 is 2.14 bits per heavy atom. The summed E-state index contributed by atoms with van der Waals surface area (Å²) < 4.78 is 5.89. The molecule has 1 aromatic carbocycles. The van der Waals surface area contributed by atoms with E-state index in [0.717, 1.165) is 12.0 Å².